The first kappa shape index (κ1) is 17.3. The highest BCUT2D eigenvalue weighted by Crippen LogP contribution is 2.21. The van der Waals surface area contributed by atoms with Crippen molar-refractivity contribution in [1.29, 1.82) is 0 Å². The molecule has 3 rings (SSSR count). The van der Waals surface area contributed by atoms with Crippen LogP contribution in [0.25, 0.3) is 0 Å². The van der Waals surface area contributed by atoms with E-state index in [9.17, 15) is 4.79 Å². The average molecular weight is 343 g/mol. The quantitative estimate of drug-likeness (QED) is 0.706. The van der Waals surface area contributed by atoms with Crippen LogP contribution in [0.5, 0.6) is 5.75 Å². The summed E-state index contributed by atoms with van der Waals surface area (Å²) in [6.45, 7) is 7.16. The van der Waals surface area contributed by atoms with Crippen LogP contribution < -0.4 is 21.1 Å². The van der Waals surface area contributed by atoms with Crippen molar-refractivity contribution in [2.45, 2.75) is 26.4 Å². The molecular formula is C18H25N5O2. The van der Waals surface area contributed by atoms with Gasteiger partial charge in [0.15, 0.2) is 0 Å². The molecule has 0 saturated heterocycles. The van der Waals surface area contributed by atoms with E-state index in [1.807, 2.05) is 22.9 Å². The van der Waals surface area contributed by atoms with Crippen molar-refractivity contribution >= 4 is 11.7 Å². The second-order valence-electron chi connectivity index (χ2n) is 6.64. The minimum Gasteiger partial charge on any atom is -0.492 e. The Bertz CT molecular complexity index is 743. The molecule has 2 atom stereocenters. The van der Waals surface area contributed by atoms with Crippen LogP contribution in [0.4, 0.5) is 5.82 Å². The summed E-state index contributed by atoms with van der Waals surface area (Å²) in [5.74, 6) is 1.55. The van der Waals surface area contributed by atoms with Gasteiger partial charge in [-0.1, -0.05) is 12.1 Å². The lowest BCUT2D eigenvalue weighted by Crippen LogP contribution is -2.40. The molecule has 2 unspecified atom stereocenters. The highest BCUT2D eigenvalue weighted by atomic mass is 16.5. The van der Waals surface area contributed by atoms with Gasteiger partial charge in [-0.25, -0.2) is 4.68 Å². The molecule has 2 aromatic rings. The molecule has 1 aromatic heterocycles. The Morgan fingerprint density at radius 2 is 2.40 bits per heavy atom. The van der Waals surface area contributed by atoms with E-state index in [0.717, 1.165) is 31.2 Å². The molecule has 2 heterocycles. The Kier molecular flexibility index (Phi) is 5.23. The Morgan fingerprint density at radius 1 is 1.56 bits per heavy atom. The standard InChI is InChI=1S/C18H25N5O2/c1-12-4-3-5-15(6-12)25-11-13(2)20-7-14-8-21-18-16(17(19)24)9-22-23(18)10-14/h3-6,9,13-14,20-21H,7-8,10-11H2,1-2H3,(H2,19,24). The number of ether oxygens (including phenoxy) is 1. The van der Waals surface area contributed by atoms with Gasteiger partial charge in [0.05, 0.1) is 6.20 Å². The number of nitrogens with two attached hydrogens (primary N) is 1. The number of hydrogen-bond donors (Lipinski definition) is 3. The number of rotatable bonds is 7. The van der Waals surface area contributed by atoms with Crippen LogP contribution >= 0.6 is 0 Å². The number of primary amides is 1. The van der Waals surface area contributed by atoms with Crippen molar-refractivity contribution in [2.24, 2.45) is 11.7 Å². The van der Waals surface area contributed by atoms with Crippen LogP contribution in [0.3, 0.4) is 0 Å². The van der Waals surface area contributed by atoms with Gasteiger partial charge in [-0.3, -0.25) is 4.79 Å². The number of nitrogens with one attached hydrogen (secondary N) is 2. The summed E-state index contributed by atoms with van der Waals surface area (Å²) in [7, 11) is 0. The SMILES string of the molecule is Cc1cccc(OCC(C)NCC2CNc3c(C(N)=O)cnn3C2)c1. The van der Waals surface area contributed by atoms with Crippen LogP contribution in [0, 0.1) is 12.8 Å². The number of hydrogen-bond acceptors (Lipinski definition) is 5. The molecule has 4 N–H and O–H groups in total. The number of aryl methyl sites for hydroxylation is 1. The van der Waals surface area contributed by atoms with E-state index in [1.54, 1.807) is 0 Å². The Balaban J connectivity index is 1.45. The minimum absolute atomic E-state index is 0.237. The third kappa shape index (κ3) is 4.30. The summed E-state index contributed by atoms with van der Waals surface area (Å²) in [6.07, 6.45) is 1.53. The lowest BCUT2D eigenvalue weighted by atomic mass is 10.1. The largest absolute Gasteiger partial charge is 0.492 e. The van der Waals surface area contributed by atoms with Gasteiger partial charge in [0.25, 0.3) is 5.91 Å². The maximum atomic E-state index is 11.3. The van der Waals surface area contributed by atoms with E-state index in [0.29, 0.717) is 18.1 Å². The number of amides is 1. The van der Waals surface area contributed by atoms with Crippen molar-refractivity contribution in [1.82, 2.24) is 15.1 Å². The van der Waals surface area contributed by atoms with Gasteiger partial charge in [0, 0.05) is 31.6 Å². The first-order valence-corrected chi connectivity index (χ1v) is 8.55. The van der Waals surface area contributed by atoms with Crippen LogP contribution in [0.15, 0.2) is 30.5 Å². The maximum Gasteiger partial charge on any atom is 0.254 e. The normalized spacial score (nSPS) is 17.4. The van der Waals surface area contributed by atoms with E-state index in [2.05, 4.69) is 35.6 Å². The number of carbonyl (C=O) groups excluding carboxylic acids is 1. The molecule has 7 nitrogen and oxygen atoms in total. The van der Waals surface area contributed by atoms with Crippen molar-refractivity contribution in [2.75, 3.05) is 25.0 Å². The van der Waals surface area contributed by atoms with E-state index in [4.69, 9.17) is 10.5 Å². The first-order chi connectivity index (χ1) is 12.0. The summed E-state index contributed by atoms with van der Waals surface area (Å²) in [5, 5.41) is 11.0. The Morgan fingerprint density at radius 3 is 3.16 bits per heavy atom. The molecule has 0 spiro atoms. The number of benzene rings is 1. The summed E-state index contributed by atoms with van der Waals surface area (Å²) in [4.78, 5) is 11.3. The average Bonchev–Trinajstić information content (AvgIpc) is 3.01. The fourth-order valence-electron chi connectivity index (χ4n) is 2.93. The molecule has 0 bridgehead atoms. The predicted molar refractivity (Wildman–Crippen MR) is 96.9 cm³/mol. The molecule has 0 saturated carbocycles. The molecular weight excluding hydrogens is 318 g/mol. The first-order valence-electron chi connectivity index (χ1n) is 8.55. The topological polar surface area (TPSA) is 94.2 Å². The summed E-state index contributed by atoms with van der Waals surface area (Å²) < 4.78 is 7.64. The summed E-state index contributed by atoms with van der Waals surface area (Å²) in [5.41, 5.74) is 6.99. The molecule has 1 aliphatic rings. The highest BCUT2D eigenvalue weighted by Gasteiger charge is 2.23. The highest BCUT2D eigenvalue weighted by molar-refractivity contribution is 5.97. The molecule has 0 aliphatic carbocycles. The maximum absolute atomic E-state index is 11.3. The van der Waals surface area contributed by atoms with Gasteiger partial charge < -0.3 is 21.1 Å². The van der Waals surface area contributed by atoms with Crippen LogP contribution in [0.2, 0.25) is 0 Å². The van der Waals surface area contributed by atoms with Crippen LogP contribution in [0.1, 0.15) is 22.8 Å². The van der Waals surface area contributed by atoms with Gasteiger partial charge in [-0.05, 0) is 31.5 Å². The van der Waals surface area contributed by atoms with Gasteiger partial charge in [0.2, 0.25) is 0 Å². The van der Waals surface area contributed by atoms with Crippen molar-refractivity contribution < 1.29 is 9.53 Å². The molecule has 7 heteroatoms. The number of aromatic nitrogens is 2. The van der Waals surface area contributed by atoms with Gasteiger partial charge in [-0.2, -0.15) is 5.10 Å². The molecule has 25 heavy (non-hydrogen) atoms. The summed E-state index contributed by atoms with van der Waals surface area (Å²) >= 11 is 0. The molecule has 0 radical (unpaired) electrons. The van der Waals surface area contributed by atoms with E-state index in [-0.39, 0.29) is 6.04 Å². The van der Waals surface area contributed by atoms with Gasteiger partial charge in [0.1, 0.15) is 23.7 Å². The second kappa shape index (κ2) is 7.57. The zero-order valence-corrected chi connectivity index (χ0v) is 14.7. The van der Waals surface area contributed by atoms with E-state index < -0.39 is 5.91 Å². The Hall–Kier alpha value is -2.54. The number of fused-ring (bicyclic) bond motifs is 1. The van der Waals surface area contributed by atoms with E-state index in [1.165, 1.54) is 11.8 Å². The van der Waals surface area contributed by atoms with Crippen molar-refractivity contribution in [3.8, 4) is 5.75 Å². The lowest BCUT2D eigenvalue weighted by molar-refractivity contribution is 0.100. The smallest absolute Gasteiger partial charge is 0.254 e. The number of carbonyl (C=O) groups is 1. The molecule has 1 aromatic carbocycles. The third-order valence-electron chi connectivity index (χ3n) is 4.34. The predicted octanol–water partition coefficient (Wildman–Crippen LogP) is 1.39. The minimum atomic E-state index is -0.452. The third-order valence-corrected chi connectivity index (χ3v) is 4.34. The van der Waals surface area contributed by atoms with Crippen LogP contribution in [-0.4, -0.2) is 41.4 Å². The fourth-order valence-corrected chi connectivity index (χ4v) is 2.93. The Labute approximate surface area is 147 Å². The van der Waals surface area contributed by atoms with Crippen molar-refractivity contribution in [3.63, 3.8) is 0 Å². The number of nitrogens with zero attached hydrogens (tertiary/aromatic N) is 2. The number of anilines is 1. The molecule has 0 fully saturated rings. The molecule has 1 amide bonds. The molecule has 134 valence electrons. The zero-order chi connectivity index (χ0) is 17.8. The fraction of sp³-hybridized carbons (Fsp3) is 0.444. The van der Waals surface area contributed by atoms with Gasteiger partial charge in [-0.15, -0.1) is 0 Å². The summed E-state index contributed by atoms with van der Waals surface area (Å²) in [6, 6.07) is 8.30. The van der Waals surface area contributed by atoms with Crippen molar-refractivity contribution in [3.05, 3.63) is 41.6 Å². The zero-order valence-electron chi connectivity index (χ0n) is 14.7. The van der Waals surface area contributed by atoms with Gasteiger partial charge >= 0.3 is 0 Å². The van der Waals surface area contributed by atoms with Crippen LogP contribution in [-0.2, 0) is 6.54 Å². The lowest BCUT2D eigenvalue weighted by Gasteiger charge is -2.27. The monoisotopic (exact) mass is 343 g/mol. The molecule has 1 aliphatic heterocycles. The van der Waals surface area contributed by atoms with E-state index >= 15 is 0 Å². The second-order valence-corrected chi connectivity index (χ2v) is 6.64.